The van der Waals surface area contributed by atoms with Crippen molar-refractivity contribution in [3.8, 4) is 0 Å². The van der Waals surface area contributed by atoms with Crippen LogP contribution >= 0.6 is 11.8 Å². The molecule has 24 heavy (non-hydrogen) atoms. The second-order valence-electron chi connectivity index (χ2n) is 5.27. The van der Waals surface area contributed by atoms with Crippen molar-refractivity contribution in [1.29, 1.82) is 0 Å². The van der Waals surface area contributed by atoms with Gasteiger partial charge in [-0.1, -0.05) is 12.1 Å². The van der Waals surface area contributed by atoms with E-state index in [-0.39, 0.29) is 29.8 Å². The second kappa shape index (κ2) is 7.83. The molecule has 2 rings (SSSR count). The third kappa shape index (κ3) is 4.26. The first-order chi connectivity index (χ1) is 11.4. The number of hydrogen-bond donors (Lipinski definition) is 2. The molecule has 0 aliphatic heterocycles. The standard InChI is InChI=1S/C17H19N3O3S/c1-11(21)12-8-14(18-9-12)17(23)20(2)10-16(22)19-13-6-4-5-7-15(13)24-3/h4-9,18H,10H2,1-3H3,(H,19,22). The van der Waals surface area contributed by atoms with E-state index in [1.807, 2.05) is 30.5 Å². The topological polar surface area (TPSA) is 82.3 Å². The zero-order valence-electron chi connectivity index (χ0n) is 13.8. The molecule has 1 heterocycles. The number of aromatic amines is 1. The number of aromatic nitrogens is 1. The predicted molar refractivity (Wildman–Crippen MR) is 94.6 cm³/mol. The van der Waals surface area contributed by atoms with Gasteiger partial charge < -0.3 is 15.2 Å². The first kappa shape index (κ1) is 17.8. The summed E-state index contributed by atoms with van der Waals surface area (Å²) >= 11 is 1.53. The van der Waals surface area contributed by atoms with Crippen LogP contribution in [0.15, 0.2) is 41.4 Å². The lowest BCUT2D eigenvalue weighted by molar-refractivity contribution is -0.116. The van der Waals surface area contributed by atoms with E-state index in [4.69, 9.17) is 0 Å². The molecule has 0 bridgehead atoms. The highest BCUT2D eigenvalue weighted by molar-refractivity contribution is 7.98. The lowest BCUT2D eigenvalue weighted by Gasteiger charge is -2.16. The van der Waals surface area contributed by atoms with Crippen LogP contribution in [0, 0.1) is 0 Å². The average molecular weight is 345 g/mol. The molecule has 126 valence electrons. The highest BCUT2D eigenvalue weighted by atomic mass is 32.2. The summed E-state index contributed by atoms with van der Waals surface area (Å²) in [5.74, 6) is -0.763. The summed E-state index contributed by atoms with van der Waals surface area (Å²) in [5, 5.41) is 2.80. The van der Waals surface area contributed by atoms with Crippen molar-refractivity contribution in [2.45, 2.75) is 11.8 Å². The van der Waals surface area contributed by atoms with Gasteiger partial charge in [-0.15, -0.1) is 11.8 Å². The van der Waals surface area contributed by atoms with Gasteiger partial charge >= 0.3 is 0 Å². The fourth-order valence-electron chi connectivity index (χ4n) is 2.15. The predicted octanol–water partition coefficient (Wildman–Crippen LogP) is 2.65. The lowest BCUT2D eigenvalue weighted by atomic mass is 10.2. The molecule has 0 atom stereocenters. The van der Waals surface area contributed by atoms with E-state index in [0.717, 1.165) is 10.6 Å². The molecular formula is C17H19N3O3S. The van der Waals surface area contributed by atoms with E-state index in [2.05, 4.69) is 10.3 Å². The monoisotopic (exact) mass is 345 g/mol. The number of nitrogens with one attached hydrogen (secondary N) is 2. The summed E-state index contributed by atoms with van der Waals surface area (Å²) in [4.78, 5) is 40.7. The number of H-pyrrole nitrogens is 1. The van der Waals surface area contributed by atoms with Crippen molar-refractivity contribution in [2.75, 3.05) is 25.2 Å². The van der Waals surface area contributed by atoms with Crippen molar-refractivity contribution in [3.63, 3.8) is 0 Å². The number of thioether (sulfide) groups is 1. The Bertz CT molecular complexity index is 770. The van der Waals surface area contributed by atoms with Crippen LogP contribution in [0.2, 0.25) is 0 Å². The second-order valence-corrected chi connectivity index (χ2v) is 6.12. The Labute approximate surface area is 144 Å². The van der Waals surface area contributed by atoms with E-state index in [0.29, 0.717) is 5.56 Å². The highest BCUT2D eigenvalue weighted by Gasteiger charge is 2.18. The molecule has 0 saturated heterocycles. The molecule has 0 aliphatic rings. The quantitative estimate of drug-likeness (QED) is 0.623. The largest absolute Gasteiger partial charge is 0.356 e. The van der Waals surface area contributed by atoms with Crippen LogP contribution in [-0.2, 0) is 4.79 Å². The lowest BCUT2D eigenvalue weighted by Crippen LogP contribution is -2.35. The van der Waals surface area contributed by atoms with Crippen LogP contribution < -0.4 is 5.32 Å². The zero-order chi connectivity index (χ0) is 17.7. The van der Waals surface area contributed by atoms with Crippen LogP contribution in [-0.4, -0.2) is 47.3 Å². The number of rotatable bonds is 6. The molecule has 6 nitrogen and oxygen atoms in total. The third-order valence-electron chi connectivity index (χ3n) is 3.43. The summed E-state index contributed by atoms with van der Waals surface area (Å²) in [6.07, 6.45) is 3.41. The Morgan fingerprint density at radius 1 is 1.25 bits per heavy atom. The molecule has 1 aromatic heterocycles. The molecule has 2 aromatic rings. The Morgan fingerprint density at radius 3 is 2.58 bits per heavy atom. The molecule has 2 amide bonds. The third-order valence-corrected chi connectivity index (χ3v) is 4.22. The fraction of sp³-hybridized carbons (Fsp3) is 0.235. The Kier molecular flexibility index (Phi) is 5.81. The maximum absolute atomic E-state index is 12.3. The van der Waals surface area contributed by atoms with E-state index in [1.54, 1.807) is 0 Å². The first-order valence-corrected chi connectivity index (χ1v) is 8.52. The van der Waals surface area contributed by atoms with Crippen molar-refractivity contribution in [2.24, 2.45) is 0 Å². The smallest absolute Gasteiger partial charge is 0.270 e. The molecule has 0 unspecified atom stereocenters. The Balaban J connectivity index is 2.00. The van der Waals surface area contributed by atoms with Crippen LogP contribution in [0.3, 0.4) is 0 Å². The number of benzene rings is 1. The van der Waals surface area contributed by atoms with Gasteiger partial charge in [0.15, 0.2) is 5.78 Å². The van der Waals surface area contributed by atoms with Crippen molar-refractivity contribution in [3.05, 3.63) is 47.8 Å². The van der Waals surface area contributed by atoms with E-state index in [9.17, 15) is 14.4 Å². The molecule has 0 spiro atoms. The van der Waals surface area contributed by atoms with Gasteiger partial charge in [0.1, 0.15) is 5.69 Å². The minimum atomic E-state index is -0.351. The fourth-order valence-corrected chi connectivity index (χ4v) is 2.71. The first-order valence-electron chi connectivity index (χ1n) is 7.30. The molecule has 0 fully saturated rings. The molecule has 0 aliphatic carbocycles. The number of ketones is 1. The number of Topliss-reactive ketones (excluding diaryl/α,β-unsaturated/α-hetero) is 1. The van der Waals surface area contributed by atoms with Gasteiger partial charge in [0, 0.05) is 23.7 Å². The maximum atomic E-state index is 12.3. The van der Waals surface area contributed by atoms with Crippen LogP contribution in [0.1, 0.15) is 27.8 Å². The summed E-state index contributed by atoms with van der Waals surface area (Å²) in [7, 11) is 1.54. The van der Waals surface area contributed by atoms with Gasteiger partial charge in [-0.3, -0.25) is 14.4 Å². The van der Waals surface area contributed by atoms with E-state index in [1.165, 1.54) is 42.9 Å². The van der Waals surface area contributed by atoms with Crippen LogP contribution in [0.25, 0.3) is 0 Å². The van der Waals surface area contributed by atoms with Gasteiger partial charge in [0.2, 0.25) is 5.91 Å². The van der Waals surface area contributed by atoms with E-state index >= 15 is 0 Å². The van der Waals surface area contributed by atoms with Gasteiger partial charge in [0.05, 0.1) is 12.2 Å². The normalized spacial score (nSPS) is 10.3. The molecule has 0 saturated carbocycles. The highest BCUT2D eigenvalue weighted by Crippen LogP contribution is 2.24. The van der Waals surface area contributed by atoms with Gasteiger partial charge in [-0.25, -0.2) is 0 Å². The van der Waals surface area contributed by atoms with Gasteiger partial charge in [-0.05, 0) is 31.4 Å². The average Bonchev–Trinajstić information content (AvgIpc) is 3.04. The Morgan fingerprint density at radius 2 is 1.96 bits per heavy atom. The zero-order valence-corrected chi connectivity index (χ0v) is 14.6. The number of likely N-dealkylation sites (N-methyl/N-ethyl adjacent to an activating group) is 1. The number of hydrogen-bond acceptors (Lipinski definition) is 4. The summed E-state index contributed by atoms with van der Waals surface area (Å²) in [6.45, 7) is 1.34. The van der Waals surface area contributed by atoms with Gasteiger partial charge in [0.25, 0.3) is 5.91 Å². The molecule has 0 radical (unpaired) electrons. The summed E-state index contributed by atoms with van der Waals surface area (Å²) in [5.41, 5.74) is 1.43. The van der Waals surface area contributed by atoms with Crippen molar-refractivity contribution >= 4 is 35.0 Å². The molecule has 2 N–H and O–H groups in total. The SMILES string of the molecule is CSc1ccccc1NC(=O)CN(C)C(=O)c1cc(C(C)=O)c[nH]1. The number of anilines is 1. The Hall–Kier alpha value is -2.54. The maximum Gasteiger partial charge on any atom is 0.270 e. The number of nitrogens with zero attached hydrogens (tertiary/aromatic N) is 1. The van der Waals surface area contributed by atoms with Gasteiger partial charge in [-0.2, -0.15) is 0 Å². The van der Waals surface area contributed by atoms with Crippen LogP contribution in [0.5, 0.6) is 0 Å². The van der Waals surface area contributed by atoms with Crippen molar-refractivity contribution < 1.29 is 14.4 Å². The summed E-state index contributed by atoms with van der Waals surface area (Å²) in [6, 6.07) is 8.95. The minimum absolute atomic E-state index is 0.0873. The molecular weight excluding hydrogens is 326 g/mol. The van der Waals surface area contributed by atoms with Crippen LogP contribution in [0.4, 0.5) is 5.69 Å². The summed E-state index contributed by atoms with van der Waals surface area (Å²) < 4.78 is 0. The number of carbonyl (C=O) groups is 3. The number of carbonyl (C=O) groups excluding carboxylic acids is 3. The molecule has 1 aromatic carbocycles. The van der Waals surface area contributed by atoms with Crippen molar-refractivity contribution in [1.82, 2.24) is 9.88 Å². The number of para-hydroxylation sites is 1. The molecule has 7 heteroatoms. The minimum Gasteiger partial charge on any atom is -0.356 e. The van der Waals surface area contributed by atoms with E-state index < -0.39 is 0 Å². The number of amides is 2.